The Morgan fingerprint density at radius 3 is 2.69 bits per heavy atom. The van der Waals surface area contributed by atoms with E-state index in [1.165, 1.54) is 35.2 Å². The monoisotopic (exact) mass is 425 g/mol. The standard InChI is InChI=1S/C19H12ClF4N3O2/c20-13-5-2-6-14(16(13)21)27-9-11(8-15(27)28)18-25-17(26-29-18)10-3-1-4-12(7-10)19(22,23)24/h1-7,11H,8-9H2. The number of amides is 1. The highest BCUT2D eigenvalue weighted by molar-refractivity contribution is 6.31. The lowest BCUT2D eigenvalue weighted by molar-refractivity contribution is -0.137. The third-order valence-electron chi connectivity index (χ3n) is 4.59. The van der Waals surface area contributed by atoms with Crippen molar-refractivity contribution in [2.24, 2.45) is 0 Å². The number of aromatic nitrogens is 2. The molecular formula is C19H12ClF4N3O2. The fourth-order valence-electron chi connectivity index (χ4n) is 3.16. The summed E-state index contributed by atoms with van der Waals surface area (Å²) < 4.78 is 58.1. The van der Waals surface area contributed by atoms with Gasteiger partial charge < -0.3 is 9.42 Å². The van der Waals surface area contributed by atoms with Gasteiger partial charge in [0.2, 0.25) is 17.6 Å². The van der Waals surface area contributed by atoms with Gasteiger partial charge in [-0.1, -0.05) is 35.0 Å². The van der Waals surface area contributed by atoms with Crippen molar-refractivity contribution in [3.05, 3.63) is 64.8 Å². The summed E-state index contributed by atoms with van der Waals surface area (Å²) in [5.74, 6) is -1.51. The van der Waals surface area contributed by atoms with E-state index >= 15 is 0 Å². The molecule has 1 aliphatic rings. The highest BCUT2D eigenvalue weighted by Crippen LogP contribution is 2.35. The lowest BCUT2D eigenvalue weighted by Gasteiger charge is -2.17. The third kappa shape index (κ3) is 3.69. The predicted octanol–water partition coefficient (Wildman–Crippen LogP) is 5.07. The van der Waals surface area contributed by atoms with Crippen LogP contribution in [-0.4, -0.2) is 22.6 Å². The first kappa shape index (κ1) is 19.4. The van der Waals surface area contributed by atoms with Gasteiger partial charge in [0, 0.05) is 18.5 Å². The van der Waals surface area contributed by atoms with Crippen molar-refractivity contribution in [2.75, 3.05) is 11.4 Å². The predicted molar refractivity (Wildman–Crippen MR) is 95.9 cm³/mol. The van der Waals surface area contributed by atoms with E-state index in [0.717, 1.165) is 12.1 Å². The molecule has 4 rings (SSSR count). The van der Waals surface area contributed by atoms with Crippen LogP contribution in [0, 0.1) is 5.82 Å². The molecular weight excluding hydrogens is 414 g/mol. The summed E-state index contributed by atoms with van der Waals surface area (Å²) in [4.78, 5) is 17.7. The minimum absolute atomic E-state index is 0.00379. The van der Waals surface area contributed by atoms with Crippen molar-refractivity contribution in [3.63, 3.8) is 0 Å². The average molecular weight is 426 g/mol. The van der Waals surface area contributed by atoms with Crippen molar-refractivity contribution in [2.45, 2.75) is 18.5 Å². The Morgan fingerprint density at radius 2 is 1.93 bits per heavy atom. The highest BCUT2D eigenvalue weighted by atomic mass is 35.5. The van der Waals surface area contributed by atoms with E-state index in [-0.39, 0.29) is 46.9 Å². The molecule has 0 saturated carbocycles. The molecule has 0 spiro atoms. The molecule has 1 aromatic heterocycles. The number of carbonyl (C=O) groups excluding carboxylic acids is 1. The summed E-state index contributed by atoms with van der Waals surface area (Å²) in [5, 5.41) is 3.62. The largest absolute Gasteiger partial charge is 0.416 e. The summed E-state index contributed by atoms with van der Waals surface area (Å²) in [6.45, 7) is 0.0837. The maximum absolute atomic E-state index is 14.2. The Hall–Kier alpha value is -2.94. The Bertz CT molecular complexity index is 1080. The summed E-state index contributed by atoms with van der Waals surface area (Å²) in [5.41, 5.74) is -0.653. The van der Waals surface area contributed by atoms with Gasteiger partial charge in [-0.2, -0.15) is 18.2 Å². The van der Waals surface area contributed by atoms with E-state index in [1.54, 1.807) is 0 Å². The van der Waals surface area contributed by atoms with Gasteiger partial charge in [-0.05, 0) is 24.3 Å². The number of nitrogens with zero attached hydrogens (tertiary/aromatic N) is 3. The number of hydrogen-bond acceptors (Lipinski definition) is 4. The molecule has 1 saturated heterocycles. The van der Waals surface area contributed by atoms with Crippen LogP contribution in [0.5, 0.6) is 0 Å². The van der Waals surface area contributed by atoms with Gasteiger partial charge in [-0.25, -0.2) is 4.39 Å². The second-order valence-corrected chi connectivity index (χ2v) is 6.92. The fraction of sp³-hybridized carbons (Fsp3) is 0.211. The average Bonchev–Trinajstić information content (AvgIpc) is 3.30. The van der Waals surface area contributed by atoms with Gasteiger partial charge in [0.15, 0.2) is 5.82 Å². The van der Waals surface area contributed by atoms with Gasteiger partial charge >= 0.3 is 6.18 Å². The molecule has 1 atom stereocenters. The number of alkyl halides is 3. The molecule has 1 amide bonds. The summed E-state index contributed by atoms with van der Waals surface area (Å²) in [6, 6.07) is 8.87. The number of halogens is 5. The quantitative estimate of drug-likeness (QED) is 0.550. The molecule has 1 unspecified atom stereocenters. The molecule has 0 bridgehead atoms. The number of benzene rings is 2. The summed E-state index contributed by atoms with van der Waals surface area (Å²) in [7, 11) is 0. The zero-order valence-corrected chi connectivity index (χ0v) is 15.3. The molecule has 2 aromatic carbocycles. The van der Waals surface area contributed by atoms with Gasteiger partial charge in [0.25, 0.3) is 0 Å². The van der Waals surface area contributed by atoms with Crippen LogP contribution in [0.1, 0.15) is 23.8 Å². The zero-order chi connectivity index (χ0) is 20.8. The van der Waals surface area contributed by atoms with E-state index in [2.05, 4.69) is 10.1 Å². The molecule has 3 aromatic rings. The van der Waals surface area contributed by atoms with Crippen LogP contribution in [0.4, 0.5) is 23.2 Å². The van der Waals surface area contributed by atoms with Crippen molar-refractivity contribution >= 4 is 23.2 Å². The molecule has 0 N–H and O–H groups in total. The molecule has 5 nitrogen and oxygen atoms in total. The maximum atomic E-state index is 14.2. The van der Waals surface area contributed by atoms with Crippen LogP contribution in [0.3, 0.4) is 0 Å². The van der Waals surface area contributed by atoms with Gasteiger partial charge in [-0.15, -0.1) is 0 Å². The first-order valence-corrected chi connectivity index (χ1v) is 8.87. The van der Waals surface area contributed by atoms with Crippen LogP contribution in [-0.2, 0) is 11.0 Å². The zero-order valence-electron chi connectivity index (χ0n) is 14.6. The highest BCUT2D eigenvalue weighted by Gasteiger charge is 2.37. The number of rotatable bonds is 3. The van der Waals surface area contributed by atoms with E-state index in [1.807, 2.05) is 0 Å². The van der Waals surface area contributed by atoms with Crippen LogP contribution in [0.25, 0.3) is 11.4 Å². The minimum Gasteiger partial charge on any atom is -0.339 e. The second kappa shape index (κ2) is 7.14. The van der Waals surface area contributed by atoms with Crippen molar-refractivity contribution in [1.82, 2.24) is 10.1 Å². The first-order chi connectivity index (χ1) is 13.7. The van der Waals surface area contributed by atoms with Crippen molar-refractivity contribution in [1.29, 1.82) is 0 Å². The van der Waals surface area contributed by atoms with Gasteiger partial charge in [0.05, 0.1) is 22.2 Å². The Balaban J connectivity index is 1.58. The SMILES string of the molecule is O=C1CC(c2nc(-c3cccc(C(F)(F)F)c3)no2)CN1c1cccc(Cl)c1F. The van der Waals surface area contributed by atoms with Gasteiger partial charge in [-0.3, -0.25) is 4.79 Å². The topological polar surface area (TPSA) is 59.2 Å². The Kier molecular flexibility index (Phi) is 4.77. The van der Waals surface area contributed by atoms with E-state index in [9.17, 15) is 22.4 Å². The summed E-state index contributed by atoms with van der Waals surface area (Å²) in [6.07, 6.45) is -4.50. The Labute approximate surface area is 166 Å². The second-order valence-electron chi connectivity index (χ2n) is 6.51. The van der Waals surface area contributed by atoms with E-state index in [4.69, 9.17) is 16.1 Å². The molecule has 0 aliphatic carbocycles. The first-order valence-electron chi connectivity index (χ1n) is 8.49. The normalized spacial score (nSPS) is 17.2. The van der Waals surface area contributed by atoms with Crippen LogP contribution < -0.4 is 4.90 Å². The van der Waals surface area contributed by atoms with E-state index < -0.39 is 23.5 Å². The molecule has 2 heterocycles. The van der Waals surface area contributed by atoms with E-state index in [0.29, 0.717) is 0 Å². The number of hydrogen-bond donors (Lipinski definition) is 0. The molecule has 1 aliphatic heterocycles. The van der Waals surface area contributed by atoms with Crippen LogP contribution in [0.15, 0.2) is 47.0 Å². The number of carbonyl (C=O) groups is 1. The smallest absolute Gasteiger partial charge is 0.339 e. The number of anilines is 1. The van der Waals surface area contributed by atoms with Crippen LogP contribution >= 0.6 is 11.6 Å². The molecule has 10 heteroatoms. The summed E-state index contributed by atoms with van der Waals surface area (Å²) >= 11 is 5.78. The van der Waals surface area contributed by atoms with Crippen molar-refractivity contribution < 1.29 is 26.9 Å². The Morgan fingerprint density at radius 1 is 1.17 bits per heavy atom. The lowest BCUT2D eigenvalue weighted by atomic mass is 10.1. The van der Waals surface area contributed by atoms with Crippen LogP contribution in [0.2, 0.25) is 5.02 Å². The molecule has 29 heavy (non-hydrogen) atoms. The lowest BCUT2D eigenvalue weighted by Crippen LogP contribution is -2.25. The minimum atomic E-state index is -4.50. The fourth-order valence-corrected chi connectivity index (χ4v) is 3.33. The third-order valence-corrected chi connectivity index (χ3v) is 4.88. The molecule has 0 radical (unpaired) electrons. The molecule has 1 fully saturated rings. The molecule has 150 valence electrons. The van der Waals surface area contributed by atoms with Gasteiger partial charge in [0.1, 0.15) is 0 Å². The maximum Gasteiger partial charge on any atom is 0.416 e. The van der Waals surface area contributed by atoms with Crippen molar-refractivity contribution in [3.8, 4) is 11.4 Å².